The van der Waals surface area contributed by atoms with Gasteiger partial charge in [-0.15, -0.1) is 0 Å². The van der Waals surface area contributed by atoms with Gasteiger partial charge in [0.25, 0.3) is 5.17 Å². The maximum absolute atomic E-state index is 5.93. The smallest absolute Gasteiger partial charge is 0.262 e. The fourth-order valence-corrected chi connectivity index (χ4v) is 1.50. The Hall–Kier alpha value is -0.800. The third-order valence-electron chi connectivity index (χ3n) is 1.69. The van der Waals surface area contributed by atoms with Crippen LogP contribution in [0.15, 0.2) is 18.2 Å². The molecule has 0 unspecified atom stereocenters. The van der Waals surface area contributed by atoms with Crippen molar-refractivity contribution >= 4 is 29.0 Å². The van der Waals surface area contributed by atoms with Gasteiger partial charge in [0, 0.05) is 17.1 Å². The highest BCUT2D eigenvalue weighted by Gasteiger charge is 2.15. The van der Waals surface area contributed by atoms with Gasteiger partial charge in [0.15, 0.2) is 0 Å². The Bertz CT molecular complexity index is 340. The molecule has 2 rings (SSSR count). The molecule has 0 radical (unpaired) electrons. The van der Waals surface area contributed by atoms with Gasteiger partial charge in [-0.25, -0.2) is 0 Å². The molecular formula is C8H6ClNOS. The molecule has 0 aromatic heterocycles. The van der Waals surface area contributed by atoms with Crippen LogP contribution >= 0.6 is 23.8 Å². The summed E-state index contributed by atoms with van der Waals surface area (Å²) in [6.45, 7) is 0.647. The Labute approximate surface area is 80.5 Å². The molecule has 0 saturated carbocycles. The van der Waals surface area contributed by atoms with Crippen LogP contribution in [0, 0.1) is 0 Å². The Morgan fingerprint density at radius 3 is 3.17 bits per heavy atom. The molecule has 0 aliphatic carbocycles. The molecule has 0 saturated heterocycles. The molecule has 0 spiro atoms. The summed E-state index contributed by atoms with van der Waals surface area (Å²) in [5, 5.41) is 4.02. The molecule has 1 aromatic rings. The highest BCUT2D eigenvalue weighted by molar-refractivity contribution is 7.80. The number of thiocarbonyl (C=S) groups is 1. The Morgan fingerprint density at radius 1 is 1.50 bits per heavy atom. The molecule has 1 N–H and O–H groups in total. The molecular weight excluding hydrogens is 194 g/mol. The summed E-state index contributed by atoms with van der Waals surface area (Å²) in [7, 11) is 0. The molecule has 1 aliphatic rings. The standard InChI is InChI=1S/C8H6ClNOS/c9-6-2-1-3-7-5(6)4-10-8(12)11-7/h1-3H,4H2,(H,10,12). The summed E-state index contributed by atoms with van der Waals surface area (Å²) in [5.41, 5.74) is 0.966. The summed E-state index contributed by atoms with van der Waals surface area (Å²) in [5.74, 6) is 0.756. The Kier molecular flexibility index (Phi) is 1.90. The molecule has 0 fully saturated rings. The van der Waals surface area contributed by atoms with E-state index in [9.17, 15) is 0 Å². The second-order valence-corrected chi connectivity index (χ2v) is 3.24. The first-order valence-electron chi connectivity index (χ1n) is 3.50. The number of benzene rings is 1. The van der Waals surface area contributed by atoms with Gasteiger partial charge in [0.1, 0.15) is 5.75 Å². The highest BCUT2D eigenvalue weighted by Crippen LogP contribution is 2.28. The van der Waals surface area contributed by atoms with Gasteiger partial charge in [0.05, 0.1) is 0 Å². The van der Waals surface area contributed by atoms with E-state index in [1.54, 1.807) is 0 Å². The molecule has 0 amide bonds. The minimum atomic E-state index is 0.407. The monoisotopic (exact) mass is 199 g/mol. The number of hydrogen-bond donors (Lipinski definition) is 1. The minimum absolute atomic E-state index is 0.407. The molecule has 1 aromatic carbocycles. The molecule has 2 nitrogen and oxygen atoms in total. The van der Waals surface area contributed by atoms with E-state index in [1.807, 2.05) is 18.2 Å². The third kappa shape index (κ3) is 1.26. The minimum Gasteiger partial charge on any atom is -0.432 e. The Morgan fingerprint density at radius 2 is 2.33 bits per heavy atom. The van der Waals surface area contributed by atoms with E-state index >= 15 is 0 Å². The summed E-state index contributed by atoms with van der Waals surface area (Å²) >= 11 is 10.8. The lowest BCUT2D eigenvalue weighted by molar-refractivity contribution is 0.498. The summed E-state index contributed by atoms with van der Waals surface area (Å²) in [6, 6.07) is 5.53. The van der Waals surface area contributed by atoms with Crippen LogP contribution in [0.5, 0.6) is 5.75 Å². The van der Waals surface area contributed by atoms with Crippen molar-refractivity contribution in [1.29, 1.82) is 0 Å². The third-order valence-corrected chi connectivity index (χ3v) is 2.27. The zero-order valence-electron chi connectivity index (χ0n) is 6.13. The topological polar surface area (TPSA) is 21.3 Å². The normalized spacial score (nSPS) is 14.6. The molecule has 0 bridgehead atoms. The molecule has 12 heavy (non-hydrogen) atoms. The van der Waals surface area contributed by atoms with Gasteiger partial charge in [-0.2, -0.15) is 0 Å². The van der Waals surface area contributed by atoms with Crippen molar-refractivity contribution in [2.24, 2.45) is 0 Å². The number of rotatable bonds is 0. The molecule has 4 heteroatoms. The van der Waals surface area contributed by atoms with Gasteiger partial charge >= 0.3 is 0 Å². The van der Waals surface area contributed by atoms with Crippen molar-refractivity contribution < 1.29 is 4.74 Å². The summed E-state index contributed by atoms with van der Waals surface area (Å²) < 4.78 is 5.25. The Balaban J connectivity index is 2.48. The second kappa shape index (κ2) is 2.92. The molecule has 1 aliphatic heterocycles. The van der Waals surface area contributed by atoms with Gasteiger partial charge in [-0.05, 0) is 24.4 Å². The van der Waals surface area contributed by atoms with Gasteiger partial charge in [-0.1, -0.05) is 17.7 Å². The first-order chi connectivity index (χ1) is 5.77. The van der Waals surface area contributed by atoms with Crippen LogP contribution in [-0.4, -0.2) is 5.17 Å². The van der Waals surface area contributed by atoms with Gasteiger partial charge in [0.2, 0.25) is 0 Å². The van der Waals surface area contributed by atoms with E-state index in [-0.39, 0.29) is 0 Å². The van der Waals surface area contributed by atoms with E-state index in [0.717, 1.165) is 11.3 Å². The van der Waals surface area contributed by atoms with E-state index in [4.69, 9.17) is 28.6 Å². The van der Waals surface area contributed by atoms with Crippen molar-refractivity contribution in [3.63, 3.8) is 0 Å². The largest absolute Gasteiger partial charge is 0.432 e. The first kappa shape index (κ1) is 7.83. The highest BCUT2D eigenvalue weighted by atomic mass is 35.5. The van der Waals surface area contributed by atoms with Crippen LogP contribution in [0.2, 0.25) is 5.02 Å². The number of ether oxygens (including phenoxy) is 1. The van der Waals surface area contributed by atoms with Crippen LogP contribution < -0.4 is 10.1 Å². The molecule has 0 atom stereocenters. The quantitative estimate of drug-likeness (QED) is 0.647. The molecule has 1 heterocycles. The number of halogens is 1. The van der Waals surface area contributed by atoms with E-state index in [0.29, 0.717) is 16.7 Å². The summed E-state index contributed by atoms with van der Waals surface area (Å²) in [4.78, 5) is 0. The molecule has 62 valence electrons. The van der Waals surface area contributed by atoms with Crippen molar-refractivity contribution in [2.75, 3.05) is 0 Å². The zero-order valence-corrected chi connectivity index (χ0v) is 7.71. The van der Waals surface area contributed by atoms with Crippen LogP contribution in [0.1, 0.15) is 5.56 Å². The van der Waals surface area contributed by atoms with E-state index in [2.05, 4.69) is 5.32 Å². The first-order valence-corrected chi connectivity index (χ1v) is 4.29. The lowest BCUT2D eigenvalue weighted by atomic mass is 10.2. The van der Waals surface area contributed by atoms with Crippen LogP contribution in [0.4, 0.5) is 0 Å². The number of nitrogens with one attached hydrogen (secondary N) is 1. The lowest BCUT2D eigenvalue weighted by Gasteiger charge is -2.19. The lowest BCUT2D eigenvalue weighted by Crippen LogP contribution is -2.31. The zero-order chi connectivity index (χ0) is 8.55. The fraction of sp³-hybridized carbons (Fsp3) is 0.125. The van der Waals surface area contributed by atoms with Crippen molar-refractivity contribution in [1.82, 2.24) is 5.32 Å². The van der Waals surface area contributed by atoms with Gasteiger partial charge < -0.3 is 10.1 Å². The summed E-state index contributed by atoms with van der Waals surface area (Å²) in [6.07, 6.45) is 0. The fourth-order valence-electron chi connectivity index (χ4n) is 1.10. The average Bonchev–Trinajstić information content (AvgIpc) is 2.04. The van der Waals surface area contributed by atoms with Crippen molar-refractivity contribution in [3.8, 4) is 5.75 Å². The van der Waals surface area contributed by atoms with Crippen LogP contribution in [0.25, 0.3) is 0 Å². The predicted octanol–water partition coefficient (Wildman–Crippen LogP) is 2.11. The second-order valence-electron chi connectivity index (χ2n) is 2.46. The van der Waals surface area contributed by atoms with Crippen LogP contribution in [0.3, 0.4) is 0 Å². The number of fused-ring (bicyclic) bond motifs is 1. The average molecular weight is 200 g/mol. The van der Waals surface area contributed by atoms with E-state index in [1.165, 1.54) is 0 Å². The van der Waals surface area contributed by atoms with Crippen molar-refractivity contribution in [2.45, 2.75) is 6.54 Å². The predicted molar refractivity (Wildman–Crippen MR) is 51.5 cm³/mol. The number of hydrogen-bond acceptors (Lipinski definition) is 2. The maximum Gasteiger partial charge on any atom is 0.262 e. The van der Waals surface area contributed by atoms with E-state index < -0.39 is 0 Å². The van der Waals surface area contributed by atoms with Crippen LogP contribution in [-0.2, 0) is 6.54 Å². The SMILES string of the molecule is S=C1NCc2c(Cl)cccc2O1. The van der Waals surface area contributed by atoms with Crippen molar-refractivity contribution in [3.05, 3.63) is 28.8 Å². The van der Waals surface area contributed by atoms with Gasteiger partial charge in [-0.3, -0.25) is 0 Å². The maximum atomic E-state index is 5.93.